The molecule has 0 spiro atoms. The molecule has 1 aromatic heterocycles. The molecule has 0 radical (unpaired) electrons. The Labute approximate surface area is 167 Å². The van der Waals surface area contributed by atoms with Crippen LogP contribution in [0.4, 0.5) is 9.18 Å². The Bertz CT molecular complexity index is 1000. The fourth-order valence-electron chi connectivity index (χ4n) is 3.17. The van der Waals surface area contributed by atoms with Crippen molar-refractivity contribution >= 4 is 6.03 Å². The molecule has 3 aromatic rings. The van der Waals surface area contributed by atoms with Gasteiger partial charge in [-0.3, -0.25) is 0 Å². The highest BCUT2D eigenvalue weighted by Crippen LogP contribution is 2.30. The van der Waals surface area contributed by atoms with Crippen molar-refractivity contribution in [1.82, 2.24) is 20.2 Å². The third kappa shape index (κ3) is 4.31. The number of carbonyl (C=O) groups excluding carboxylic acids is 1. The summed E-state index contributed by atoms with van der Waals surface area (Å²) in [6, 6.07) is 10.7. The molecule has 2 amide bonds. The van der Waals surface area contributed by atoms with E-state index in [2.05, 4.69) is 15.6 Å². The van der Waals surface area contributed by atoms with E-state index in [0.29, 0.717) is 37.1 Å². The van der Waals surface area contributed by atoms with E-state index in [9.17, 15) is 9.18 Å². The summed E-state index contributed by atoms with van der Waals surface area (Å²) < 4.78 is 26.2. The number of halogens is 1. The number of benzene rings is 2. The van der Waals surface area contributed by atoms with Gasteiger partial charge in [-0.05, 0) is 35.4 Å². The highest BCUT2D eigenvalue weighted by atomic mass is 19.1. The number of carbonyl (C=O) groups is 1. The van der Waals surface area contributed by atoms with Crippen LogP contribution >= 0.6 is 0 Å². The van der Waals surface area contributed by atoms with Crippen molar-refractivity contribution in [2.24, 2.45) is 7.05 Å². The first-order valence-corrected chi connectivity index (χ1v) is 9.26. The van der Waals surface area contributed by atoms with Crippen LogP contribution in [0.1, 0.15) is 23.0 Å². The van der Waals surface area contributed by atoms with Crippen LogP contribution in [-0.4, -0.2) is 28.8 Å². The Morgan fingerprint density at radius 3 is 2.66 bits per heavy atom. The fraction of sp³-hybridized carbons (Fsp3) is 0.238. The Kier molecular flexibility index (Phi) is 5.33. The summed E-state index contributed by atoms with van der Waals surface area (Å²) in [4.78, 5) is 16.9. The lowest BCUT2D eigenvalue weighted by atomic mass is 10.1. The largest absolute Gasteiger partial charge is 0.486 e. The highest BCUT2D eigenvalue weighted by molar-refractivity contribution is 5.75. The third-order valence-corrected chi connectivity index (χ3v) is 4.66. The molecule has 150 valence electrons. The first-order valence-electron chi connectivity index (χ1n) is 9.26. The summed E-state index contributed by atoms with van der Waals surface area (Å²) in [5.74, 6) is 1.69. The summed E-state index contributed by atoms with van der Waals surface area (Å²) in [5.41, 5.74) is 1.62. The van der Waals surface area contributed by atoms with Gasteiger partial charge < -0.3 is 24.7 Å². The Morgan fingerprint density at radius 1 is 1.17 bits per heavy atom. The van der Waals surface area contributed by atoms with Crippen LogP contribution < -0.4 is 20.1 Å². The minimum absolute atomic E-state index is 0.319. The second-order valence-corrected chi connectivity index (χ2v) is 6.69. The lowest BCUT2D eigenvalue weighted by Gasteiger charge is -2.20. The molecular weight excluding hydrogens is 375 g/mol. The van der Waals surface area contributed by atoms with Crippen LogP contribution in [0, 0.1) is 5.82 Å². The van der Waals surface area contributed by atoms with Gasteiger partial charge in [0.25, 0.3) is 0 Å². The van der Waals surface area contributed by atoms with Crippen molar-refractivity contribution in [3.63, 3.8) is 0 Å². The summed E-state index contributed by atoms with van der Waals surface area (Å²) in [7, 11) is 1.84. The highest BCUT2D eigenvalue weighted by Gasteiger charge is 2.21. The molecule has 4 rings (SSSR count). The number of aryl methyl sites for hydroxylation is 1. The summed E-state index contributed by atoms with van der Waals surface area (Å²) >= 11 is 0. The van der Waals surface area contributed by atoms with Gasteiger partial charge in [-0.2, -0.15) is 0 Å². The minimum Gasteiger partial charge on any atom is -0.486 e. The van der Waals surface area contributed by atoms with E-state index in [0.717, 1.165) is 11.1 Å². The van der Waals surface area contributed by atoms with Crippen LogP contribution in [0.3, 0.4) is 0 Å². The lowest BCUT2D eigenvalue weighted by Crippen LogP contribution is -2.39. The zero-order valence-electron chi connectivity index (χ0n) is 15.9. The van der Waals surface area contributed by atoms with Crippen molar-refractivity contribution in [1.29, 1.82) is 0 Å². The second kappa shape index (κ2) is 8.22. The van der Waals surface area contributed by atoms with Gasteiger partial charge in [0.2, 0.25) is 0 Å². The number of imidazole rings is 1. The number of urea groups is 1. The molecule has 1 atom stereocenters. The molecule has 1 aliphatic heterocycles. The first kappa shape index (κ1) is 18.8. The van der Waals surface area contributed by atoms with Crippen molar-refractivity contribution < 1.29 is 18.7 Å². The molecule has 0 aliphatic carbocycles. The number of fused-ring (bicyclic) bond motifs is 1. The average molecular weight is 396 g/mol. The monoisotopic (exact) mass is 396 g/mol. The maximum Gasteiger partial charge on any atom is 0.315 e. The number of ether oxygens (including phenoxy) is 2. The molecule has 0 bridgehead atoms. The number of nitrogens with zero attached hydrogens (tertiary/aromatic N) is 2. The number of nitrogens with one attached hydrogen (secondary N) is 2. The molecule has 0 fully saturated rings. The SMILES string of the molecule is Cn1ccnc1[C@@H](NC(=O)NCc1ccc2c(c1)OCCO2)c1ccc(F)cc1. The summed E-state index contributed by atoms with van der Waals surface area (Å²) in [5, 5.41) is 5.76. The predicted octanol–water partition coefficient (Wildman–Crippen LogP) is 2.92. The zero-order valence-corrected chi connectivity index (χ0v) is 15.9. The van der Waals surface area contributed by atoms with Crippen LogP contribution in [-0.2, 0) is 13.6 Å². The topological polar surface area (TPSA) is 77.4 Å². The average Bonchev–Trinajstić information content (AvgIpc) is 3.16. The molecule has 0 saturated heterocycles. The molecule has 2 N–H and O–H groups in total. The van der Waals surface area contributed by atoms with E-state index in [1.54, 1.807) is 24.5 Å². The molecule has 1 aliphatic rings. The molecule has 8 heteroatoms. The normalized spacial score (nSPS) is 13.6. The molecule has 0 saturated carbocycles. The van der Waals surface area contributed by atoms with Crippen molar-refractivity contribution in [2.75, 3.05) is 13.2 Å². The lowest BCUT2D eigenvalue weighted by molar-refractivity contribution is 0.171. The Morgan fingerprint density at radius 2 is 1.93 bits per heavy atom. The van der Waals surface area contributed by atoms with Crippen molar-refractivity contribution in [2.45, 2.75) is 12.6 Å². The van der Waals surface area contributed by atoms with Crippen LogP contribution in [0.15, 0.2) is 54.9 Å². The summed E-state index contributed by atoms with van der Waals surface area (Å²) in [6.45, 7) is 1.36. The van der Waals surface area contributed by atoms with Crippen LogP contribution in [0.5, 0.6) is 11.5 Å². The molecule has 29 heavy (non-hydrogen) atoms. The second-order valence-electron chi connectivity index (χ2n) is 6.69. The fourth-order valence-corrected chi connectivity index (χ4v) is 3.17. The van der Waals surface area contributed by atoms with Gasteiger partial charge in [0.15, 0.2) is 11.5 Å². The van der Waals surface area contributed by atoms with E-state index in [1.807, 2.05) is 29.8 Å². The number of hydrogen-bond acceptors (Lipinski definition) is 4. The van der Waals surface area contributed by atoms with Gasteiger partial charge in [-0.25, -0.2) is 14.2 Å². The molecular formula is C21H21FN4O3. The van der Waals surface area contributed by atoms with E-state index >= 15 is 0 Å². The predicted molar refractivity (Wildman–Crippen MR) is 104 cm³/mol. The van der Waals surface area contributed by atoms with Gasteiger partial charge >= 0.3 is 6.03 Å². The zero-order chi connectivity index (χ0) is 20.2. The maximum atomic E-state index is 13.3. The first-order chi connectivity index (χ1) is 14.1. The van der Waals surface area contributed by atoms with Gasteiger partial charge in [0, 0.05) is 26.0 Å². The van der Waals surface area contributed by atoms with Crippen LogP contribution in [0.25, 0.3) is 0 Å². The Balaban J connectivity index is 1.45. The number of amides is 2. The molecule has 2 aromatic carbocycles. The maximum absolute atomic E-state index is 13.3. The van der Waals surface area contributed by atoms with E-state index < -0.39 is 6.04 Å². The number of hydrogen-bond donors (Lipinski definition) is 2. The van der Waals surface area contributed by atoms with Crippen molar-refractivity contribution in [3.8, 4) is 11.5 Å². The molecule has 2 heterocycles. The summed E-state index contributed by atoms with van der Waals surface area (Å²) in [6.07, 6.45) is 3.45. The number of aromatic nitrogens is 2. The van der Waals surface area contributed by atoms with Gasteiger partial charge in [0.1, 0.15) is 30.9 Å². The molecule has 7 nitrogen and oxygen atoms in total. The van der Waals surface area contributed by atoms with E-state index in [4.69, 9.17) is 9.47 Å². The third-order valence-electron chi connectivity index (χ3n) is 4.66. The van der Waals surface area contributed by atoms with Crippen molar-refractivity contribution in [3.05, 3.63) is 77.6 Å². The minimum atomic E-state index is -0.518. The number of rotatable bonds is 5. The van der Waals surface area contributed by atoms with Gasteiger partial charge in [-0.1, -0.05) is 18.2 Å². The van der Waals surface area contributed by atoms with E-state index in [-0.39, 0.29) is 11.8 Å². The van der Waals surface area contributed by atoms with Gasteiger partial charge in [-0.15, -0.1) is 0 Å². The standard InChI is InChI=1S/C21H21FN4O3/c1-26-9-8-23-20(26)19(15-3-5-16(22)6-4-15)25-21(27)24-13-14-2-7-17-18(12-14)29-11-10-28-17/h2-9,12,19H,10-11,13H2,1H3,(H2,24,25,27)/t19-/m0/s1. The Hall–Kier alpha value is -3.55. The van der Waals surface area contributed by atoms with Crippen LogP contribution in [0.2, 0.25) is 0 Å². The molecule has 0 unspecified atom stereocenters. The smallest absolute Gasteiger partial charge is 0.315 e. The quantitative estimate of drug-likeness (QED) is 0.695. The van der Waals surface area contributed by atoms with E-state index in [1.165, 1.54) is 12.1 Å². The van der Waals surface area contributed by atoms with Gasteiger partial charge in [0.05, 0.1) is 0 Å².